The van der Waals surface area contributed by atoms with E-state index < -0.39 is 0 Å². The van der Waals surface area contributed by atoms with Crippen LogP contribution in [0.25, 0.3) is 16.6 Å². The minimum absolute atomic E-state index is 0.557. The predicted molar refractivity (Wildman–Crippen MR) is 105 cm³/mol. The van der Waals surface area contributed by atoms with Crippen molar-refractivity contribution in [1.82, 2.24) is 20.2 Å². The van der Waals surface area contributed by atoms with Gasteiger partial charge >= 0.3 is 0 Å². The van der Waals surface area contributed by atoms with Crippen LogP contribution in [-0.2, 0) is 0 Å². The fourth-order valence-electron chi connectivity index (χ4n) is 3.19. The van der Waals surface area contributed by atoms with E-state index in [1.165, 1.54) is 38.1 Å². The average molecular weight is 365 g/mol. The van der Waals surface area contributed by atoms with Gasteiger partial charge in [0, 0.05) is 35.7 Å². The smallest absolute Gasteiger partial charge is 0.211 e. The van der Waals surface area contributed by atoms with Crippen LogP contribution in [0, 0.1) is 5.41 Å². The van der Waals surface area contributed by atoms with E-state index in [0.29, 0.717) is 17.3 Å². The van der Waals surface area contributed by atoms with Crippen LogP contribution in [0.5, 0.6) is 0 Å². The van der Waals surface area contributed by atoms with E-state index in [1.54, 1.807) is 17.5 Å². The lowest BCUT2D eigenvalue weighted by molar-refractivity contribution is 0.705. The molecule has 1 saturated carbocycles. The van der Waals surface area contributed by atoms with Crippen molar-refractivity contribution < 1.29 is 0 Å². The Kier molecular flexibility index (Phi) is 4.57. The largest absolute Gasteiger partial charge is 0.404 e. The second kappa shape index (κ2) is 7.17. The highest BCUT2D eigenvalue weighted by molar-refractivity contribution is 7.15. The second-order valence-electron chi connectivity index (χ2n) is 6.28. The van der Waals surface area contributed by atoms with Crippen LogP contribution >= 0.6 is 11.3 Å². The van der Waals surface area contributed by atoms with Gasteiger partial charge in [-0.3, -0.25) is 4.98 Å². The topological polar surface area (TPSA) is 113 Å². The molecule has 3 aromatic rings. The maximum atomic E-state index is 7.42. The standard InChI is InChI=1S/C18H19N7S/c19-8-13(9-20)12-7-15-14(21-10-12)5-6-16(22-15)23-18-25-24-17(26-18)11-3-1-2-4-11/h5-11,19H,1-4,20H2,(H,22,23,25). The summed E-state index contributed by atoms with van der Waals surface area (Å²) in [5.41, 5.74) is 8.44. The Morgan fingerprint density at radius 1 is 1.23 bits per heavy atom. The zero-order valence-electron chi connectivity index (χ0n) is 14.1. The molecule has 0 spiro atoms. The molecule has 4 rings (SSSR count). The number of rotatable bonds is 5. The van der Waals surface area contributed by atoms with Gasteiger partial charge in [-0.2, -0.15) is 0 Å². The third kappa shape index (κ3) is 3.28. The SMILES string of the molecule is N=CC(=CN)c1cnc2ccc(Nc3nnc(C4CCCC4)s3)nc2c1. The molecular weight excluding hydrogens is 346 g/mol. The molecule has 3 heterocycles. The first-order valence-corrected chi connectivity index (χ1v) is 9.38. The van der Waals surface area contributed by atoms with E-state index in [4.69, 9.17) is 11.1 Å². The minimum Gasteiger partial charge on any atom is -0.404 e. The van der Waals surface area contributed by atoms with Gasteiger partial charge in [0.05, 0.1) is 11.0 Å². The third-order valence-electron chi connectivity index (χ3n) is 4.59. The molecule has 26 heavy (non-hydrogen) atoms. The first-order valence-electron chi connectivity index (χ1n) is 8.57. The minimum atomic E-state index is 0.557. The van der Waals surface area contributed by atoms with E-state index in [-0.39, 0.29) is 0 Å². The molecule has 0 unspecified atom stereocenters. The zero-order valence-corrected chi connectivity index (χ0v) is 15.0. The number of fused-ring (bicyclic) bond motifs is 1. The van der Waals surface area contributed by atoms with Gasteiger partial charge in [-0.1, -0.05) is 24.2 Å². The highest BCUT2D eigenvalue weighted by Gasteiger charge is 2.21. The van der Waals surface area contributed by atoms with Gasteiger partial charge in [0.15, 0.2) is 0 Å². The van der Waals surface area contributed by atoms with Crippen LogP contribution in [0.1, 0.15) is 42.2 Å². The van der Waals surface area contributed by atoms with Crippen molar-refractivity contribution in [3.8, 4) is 0 Å². The molecule has 8 heteroatoms. The molecule has 1 aliphatic carbocycles. The Morgan fingerprint density at radius 3 is 2.85 bits per heavy atom. The number of nitrogens with one attached hydrogen (secondary N) is 2. The fourth-order valence-corrected chi connectivity index (χ4v) is 4.11. The number of pyridine rings is 2. The highest BCUT2D eigenvalue weighted by Crippen LogP contribution is 2.36. The fraction of sp³-hybridized carbons (Fsp3) is 0.278. The Balaban J connectivity index is 1.59. The summed E-state index contributed by atoms with van der Waals surface area (Å²) in [6.07, 6.45) is 9.27. The van der Waals surface area contributed by atoms with Crippen LogP contribution in [0.15, 0.2) is 30.6 Å². The van der Waals surface area contributed by atoms with Crippen molar-refractivity contribution in [3.05, 3.63) is 41.2 Å². The molecule has 0 bridgehead atoms. The van der Waals surface area contributed by atoms with Crippen LogP contribution in [0.4, 0.5) is 10.9 Å². The molecule has 3 aromatic heterocycles. The molecule has 0 amide bonds. The number of nitrogens with zero attached hydrogens (tertiary/aromatic N) is 4. The molecule has 0 radical (unpaired) electrons. The van der Waals surface area contributed by atoms with E-state index in [9.17, 15) is 0 Å². The molecule has 0 atom stereocenters. The monoisotopic (exact) mass is 365 g/mol. The Hall–Kier alpha value is -2.87. The molecule has 4 N–H and O–H groups in total. The van der Waals surface area contributed by atoms with Crippen molar-refractivity contribution in [3.63, 3.8) is 0 Å². The molecule has 132 valence electrons. The van der Waals surface area contributed by atoms with Crippen LogP contribution in [0.3, 0.4) is 0 Å². The Labute approximate surface area is 154 Å². The quantitative estimate of drug-likeness (QED) is 0.592. The summed E-state index contributed by atoms with van der Waals surface area (Å²) in [5, 5.41) is 21.1. The highest BCUT2D eigenvalue weighted by atomic mass is 32.1. The lowest BCUT2D eigenvalue weighted by atomic mass is 10.1. The van der Waals surface area contributed by atoms with E-state index in [2.05, 4.69) is 25.5 Å². The van der Waals surface area contributed by atoms with Crippen molar-refractivity contribution in [2.75, 3.05) is 5.32 Å². The first kappa shape index (κ1) is 16.6. The summed E-state index contributed by atoms with van der Waals surface area (Å²) in [7, 11) is 0. The molecule has 1 fully saturated rings. The van der Waals surface area contributed by atoms with Crippen molar-refractivity contribution in [1.29, 1.82) is 5.41 Å². The van der Waals surface area contributed by atoms with Crippen LogP contribution < -0.4 is 11.1 Å². The van der Waals surface area contributed by atoms with Gasteiger partial charge in [0.2, 0.25) is 5.13 Å². The van der Waals surface area contributed by atoms with Crippen molar-refractivity contribution in [2.24, 2.45) is 5.73 Å². The van der Waals surface area contributed by atoms with Gasteiger partial charge in [0.25, 0.3) is 0 Å². The van der Waals surface area contributed by atoms with Crippen molar-refractivity contribution >= 4 is 45.1 Å². The molecule has 1 aliphatic rings. The molecule has 7 nitrogen and oxygen atoms in total. The summed E-state index contributed by atoms with van der Waals surface area (Å²) in [6.45, 7) is 0. The van der Waals surface area contributed by atoms with Gasteiger partial charge in [-0.05, 0) is 31.0 Å². The maximum Gasteiger partial charge on any atom is 0.211 e. The predicted octanol–water partition coefficient (Wildman–Crippen LogP) is 3.83. The summed E-state index contributed by atoms with van der Waals surface area (Å²) >= 11 is 1.60. The van der Waals surface area contributed by atoms with Crippen LogP contribution in [-0.4, -0.2) is 26.4 Å². The lowest BCUT2D eigenvalue weighted by Gasteiger charge is -2.05. The van der Waals surface area contributed by atoms with Gasteiger partial charge in [-0.15, -0.1) is 10.2 Å². The maximum absolute atomic E-state index is 7.42. The summed E-state index contributed by atoms with van der Waals surface area (Å²) in [6, 6.07) is 5.66. The molecule has 0 aliphatic heterocycles. The summed E-state index contributed by atoms with van der Waals surface area (Å²) in [5.74, 6) is 1.25. The first-order chi connectivity index (χ1) is 12.8. The summed E-state index contributed by atoms with van der Waals surface area (Å²) in [4.78, 5) is 9.00. The van der Waals surface area contributed by atoms with Gasteiger partial charge < -0.3 is 16.5 Å². The Bertz CT molecular complexity index is 973. The van der Waals surface area contributed by atoms with Crippen LogP contribution in [0.2, 0.25) is 0 Å². The lowest BCUT2D eigenvalue weighted by Crippen LogP contribution is -1.96. The number of hydrogen-bond donors (Lipinski definition) is 3. The number of aromatic nitrogens is 4. The second-order valence-corrected chi connectivity index (χ2v) is 7.29. The number of nitrogens with two attached hydrogens (primary N) is 1. The van der Waals surface area contributed by atoms with E-state index >= 15 is 0 Å². The number of hydrogen-bond acceptors (Lipinski definition) is 8. The molecule has 0 saturated heterocycles. The van der Waals surface area contributed by atoms with Crippen molar-refractivity contribution in [2.45, 2.75) is 31.6 Å². The molecular formula is C18H19N7S. The Morgan fingerprint density at radius 2 is 2.08 bits per heavy atom. The average Bonchev–Trinajstić information content (AvgIpc) is 3.34. The number of anilines is 2. The van der Waals surface area contributed by atoms with Gasteiger partial charge in [-0.25, -0.2) is 4.98 Å². The normalized spacial score (nSPS) is 15.5. The third-order valence-corrected chi connectivity index (χ3v) is 5.59. The number of allylic oxidation sites excluding steroid dienone is 1. The summed E-state index contributed by atoms with van der Waals surface area (Å²) < 4.78 is 0. The van der Waals surface area contributed by atoms with Gasteiger partial charge in [0.1, 0.15) is 10.8 Å². The zero-order chi connectivity index (χ0) is 17.9. The van der Waals surface area contributed by atoms with E-state index in [1.807, 2.05) is 18.2 Å². The van der Waals surface area contributed by atoms with E-state index in [0.717, 1.165) is 26.7 Å². The molecule has 0 aromatic carbocycles.